The number of aliphatic hydroxyl groups is 1. The average molecular weight is 250 g/mol. The number of piperidine rings is 1. The van der Waals surface area contributed by atoms with Crippen molar-refractivity contribution in [1.29, 1.82) is 0 Å². The van der Waals surface area contributed by atoms with Crippen molar-refractivity contribution in [2.45, 2.75) is 18.9 Å². The quantitative estimate of drug-likeness (QED) is 0.831. The molecule has 18 heavy (non-hydrogen) atoms. The van der Waals surface area contributed by atoms with Crippen LogP contribution in [0.25, 0.3) is 0 Å². The van der Waals surface area contributed by atoms with E-state index in [1.807, 2.05) is 6.07 Å². The fourth-order valence-corrected chi connectivity index (χ4v) is 2.29. The molecule has 5 nitrogen and oxygen atoms in total. The Labute approximate surface area is 106 Å². The highest BCUT2D eigenvalue weighted by molar-refractivity contribution is 5.70. The first kappa shape index (κ1) is 13.0. The third-order valence-corrected chi connectivity index (χ3v) is 3.44. The Bertz CT molecular complexity index is 388. The molecule has 0 saturated carbocycles. The van der Waals surface area contributed by atoms with Gasteiger partial charge >= 0.3 is 5.97 Å². The van der Waals surface area contributed by atoms with Gasteiger partial charge in [0, 0.05) is 24.5 Å². The lowest BCUT2D eigenvalue weighted by Gasteiger charge is -2.31. The zero-order valence-electron chi connectivity index (χ0n) is 10.2. The number of carboxylic acid groups (broad SMARTS) is 1. The maximum atomic E-state index is 10.8. The summed E-state index contributed by atoms with van der Waals surface area (Å²) < 4.78 is 0. The number of hydrogen-bond acceptors (Lipinski definition) is 4. The lowest BCUT2D eigenvalue weighted by Crippen LogP contribution is -2.38. The summed E-state index contributed by atoms with van der Waals surface area (Å²) in [6, 6.07) is 3.65. The smallest absolute Gasteiger partial charge is 0.306 e. The van der Waals surface area contributed by atoms with Crippen LogP contribution in [0.2, 0.25) is 0 Å². The highest BCUT2D eigenvalue weighted by atomic mass is 16.4. The Morgan fingerprint density at radius 2 is 2.22 bits per heavy atom. The molecule has 2 N–H and O–H groups in total. The van der Waals surface area contributed by atoms with E-state index in [9.17, 15) is 9.90 Å². The number of aliphatic hydroxyl groups excluding tert-OH is 1. The molecule has 1 fully saturated rings. The van der Waals surface area contributed by atoms with E-state index in [2.05, 4.69) is 9.88 Å². The molecule has 0 aromatic carbocycles. The normalized spacial score (nSPS) is 19.6. The minimum atomic E-state index is -0.706. The molecule has 1 aliphatic heterocycles. The molecule has 1 unspecified atom stereocenters. The summed E-state index contributed by atoms with van der Waals surface area (Å²) in [6.07, 6.45) is 4.10. The zero-order chi connectivity index (χ0) is 13.0. The number of carboxylic acids is 1. The molecule has 1 aromatic rings. The van der Waals surface area contributed by atoms with Crippen LogP contribution < -0.4 is 0 Å². The van der Waals surface area contributed by atoms with E-state index in [0.29, 0.717) is 19.4 Å². The van der Waals surface area contributed by atoms with Crippen LogP contribution in [0.15, 0.2) is 24.5 Å². The van der Waals surface area contributed by atoms with Crippen LogP contribution in [0.4, 0.5) is 0 Å². The molecule has 2 rings (SSSR count). The van der Waals surface area contributed by atoms with E-state index in [1.54, 1.807) is 18.5 Å². The number of hydrogen-bond donors (Lipinski definition) is 2. The van der Waals surface area contributed by atoms with Crippen LogP contribution in [0.1, 0.15) is 24.5 Å². The summed E-state index contributed by atoms with van der Waals surface area (Å²) >= 11 is 0. The predicted octanol–water partition coefficient (Wildman–Crippen LogP) is 0.912. The van der Waals surface area contributed by atoms with Gasteiger partial charge in [-0.15, -0.1) is 0 Å². The van der Waals surface area contributed by atoms with E-state index in [-0.39, 0.29) is 5.92 Å². The van der Waals surface area contributed by atoms with E-state index in [4.69, 9.17) is 5.11 Å². The fraction of sp³-hybridized carbons (Fsp3) is 0.538. The zero-order valence-corrected chi connectivity index (χ0v) is 10.2. The maximum Gasteiger partial charge on any atom is 0.306 e. The molecular formula is C13H18N2O3. The number of β-amino-alcohol motifs (C(OH)–C–C–N with tert-alkyl or cyclic N) is 1. The number of nitrogens with zero attached hydrogens (tertiary/aromatic N) is 2. The van der Waals surface area contributed by atoms with Crippen molar-refractivity contribution in [2.75, 3.05) is 19.6 Å². The number of aromatic nitrogens is 1. The van der Waals surface area contributed by atoms with Crippen molar-refractivity contribution in [3.05, 3.63) is 30.1 Å². The molecule has 1 saturated heterocycles. The first-order valence-electron chi connectivity index (χ1n) is 6.20. The third kappa shape index (κ3) is 3.27. The minimum absolute atomic E-state index is 0.225. The lowest BCUT2D eigenvalue weighted by atomic mass is 9.96. The fourth-order valence-electron chi connectivity index (χ4n) is 2.29. The van der Waals surface area contributed by atoms with E-state index in [0.717, 1.165) is 18.7 Å². The summed E-state index contributed by atoms with van der Waals surface area (Å²) in [4.78, 5) is 16.9. The monoisotopic (exact) mass is 250 g/mol. The average Bonchev–Trinajstić information content (AvgIpc) is 2.40. The van der Waals surface area contributed by atoms with E-state index >= 15 is 0 Å². The van der Waals surface area contributed by atoms with E-state index in [1.165, 1.54) is 0 Å². The first-order chi connectivity index (χ1) is 8.66. The Morgan fingerprint density at radius 1 is 1.50 bits per heavy atom. The van der Waals surface area contributed by atoms with Crippen molar-refractivity contribution in [2.24, 2.45) is 5.92 Å². The summed E-state index contributed by atoms with van der Waals surface area (Å²) in [7, 11) is 0. The van der Waals surface area contributed by atoms with E-state index < -0.39 is 12.1 Å². The van der Waals surface area contributed by atoms with Gasteiger partial charge in [-0.1, -0.05) is 6.07 Å². The summed E-state index contributed by atoms with van der Waals surface area (Å²) in [6.45, 7) is 2.00. The van der Waals surface area contributed by atoms with Crippen LogP contribution in [0, 0.1) is 5.92 Å². The highest BCUT2D eigenvalue weighted by Gasteiger charge is 2.25. The minimum Gasteiger partial charge on any atom is -0.481 e. The van der Waals surface area contributed by atoms with Gasteiger partial charge in [0.2, 0.25) is 0 Å². The van der Waals surface area contributed by atoms with Gasteiger partial charge in [0.05, 0.1) is 12.0 Å². The summed E-state index contributed by atoms with van der Waals surface area (Å²) in [5.41, 5.74) is 0.804. The second kappa shape index (κ2) is 5.93. The molecule has 0 aliphatic carbocycles. The van der Waals surface area contributed by atoms with Crippen LogP contribution in [-0.4, -0.2) is 45.7 Å². The first-order valence-corrected chi connectivity index (χ1v) is 6.20. The number of carbonyl (C=O) groups is 1. The molecule has 98 valence electrons. The largest absolute Gasteiger partial charge is 0.481 e. The van der Waals surface area contributed by atoms with Gasteiger partial charge in [-0.05, 0) is 32.0 Å². The molecule has 0 bridgehead atoms. The van der Waals surface area contributed by atoms with Gasteiger partial charge in [-0.3, -0.25) is 9.78 Å². The molecule has 0 radical (unpaired) electrons. The second-order valence-corrected chi connectivity index (χ2v) is 4.72. The molecule has 1 aromatic heterocycles. The van der Waals surface area contributed by atoms with Gasteiger partial charge < -0.3 is 15.1 Å². The van der Waals surface area contributed by atoms with Crippen LogP contribution >= 0.6 is 0 Å². The Balaban J connectivity index is 1.83. The Kier molecular flexibility index (Phi) is 4.28. The molecule has 1 atom stereocenters. The van der Waals surface area contributed by atoms with Crippen molar-refractivity contribution in [3.63, 3.8) is 0 Å². The van der Waals surface area contributed by atoms with Crippen molar-refractivity contribution >= 4 is 5.97 Å². The van der Waals surface area contributed by atoms with Crippen molar-refractivity contribution in [3.8, 4) is 0 Å². The standard InChI is InChI=1S/C13H18N2O3/c16-12(11-2-1-5-14-8-11)9-15-6-3-10(4-7-15)13(17)18/h1-2,5,8,10,12,16H,3-4,6-7,9H2,(H,17,18). The van der Waals surface area contributed by atoms with Crippen molar-refractivity contribution < 1.29 is 15.0 Å². The Morgan fingerprint density at radius 3 is 2.78 bits per heavy atom. The van der Waals surface area contributed by atoms with Gasteiger partial charge in [0.25, 0.3) is 0 Å². The van der Waals surface area contributed by atoms with Gasteiger partial charge in [0.15, 0.2) is 0 Å². The van der Waals surface area contributed by atoms with Crippen LogP contribution in [0.5, 0.6) is 0 Å². The molecular weight excluding hydrogens is 232 g/mol. The Hall–Kier alpha value is -1.46. The van der Waals surface area contributed by atoms with Crippen LogP contribution in [-0.2, 0) is 4.79 Å². The third-order valence-electron chi connectivity index (χ3n) is 3.44. The van der Waals surface area contributed by atoms with Gasteiger partial charge in [-0.25, -0.2) is 0 Å². The molecule has 0 amide bonds. The van der Waals surface area contributed by atoms with Gasteiger partial charge in [0.1, 0.15) is 0 Å². The van der Waals surface area contributed by atoms with Crippen molar-refractivity contribution in [1.82, 2.24) is 9.88 Å². The number of pyridine rings is 1. The van der Waals surface area contributed by atoms with Crippen LogP contribution in [0.3, 0.4) is 0 Å². The summed E-state index contributed by atoms with van der Waals surface area (Å²) in [5, 5.41) is 19.0. The van der Waals surface area contributed by atoms with Gasteiger partial charge in [-0.2, -0.15) is 0 Å². The second-order valence-electron chi connectivity index (χ2n) is 4.72. The SMILES string of the molecule is O=C(O)C1CCN(CC(O)c2cccnc2)CC1. The number of likely N-dealkylation sites (tertiary alicyclic amines) is 1. The topological polar surface area (TPSA) is 73.7 Å². The number of aliphatic carboxylic acids is 1. The maximum absolute atomic E-state index is 10.8. The molecule has 2 heterocycles. The molecule has 1 aliphatic rings. The highest BCUT2D eigenvalue weighted by Crippen LogP contribution is 2.20. The molecule has 5 heteroatoms. The molecule has 0 spiro atoms. The predicted molar refractivity (Wildman–Crippen MR) is 66.0 cm³/mol. The summed E-state index contributed by atoms with van der Waals surface area (Å²) in [5.74, 6) is -0.931. The number of rotatable bonds is 4. The lowest BCUT2D eigenvalue weighted by molar-refractivity contribution is -0.143.